The Bertz CT molecular complexity index is 1500. The number of benzene rings is 1. The molecular weight excluding hydrogens is 524 g/mol. The summed E-state index contributed by atoms with van der Waals surface area (Å²) >= 11 is 0. The van der Waals surface area contributed by atoms with E-state index in [1.165, 1.54) is 0 Å². The van der Waals surface area contributed by atoms with Crippen LogP contribution in [-0.4, -0.2) is 77.6 Å². The maximum atomic E-state index is 12.5. The predicted molar refractivity (Wildman–Crippen MR) is 170 cm³/mol. The molecule has 1 fully saturated rings. The van der Waals surface area contributed by atoms with Crippen LogP contribution in [0.3, 0.4) is 0 Å². The SMILES string of the molecule is CCC(c1cccc2c(C(=O)NC)ccnc12)C(C)CNc1cc(-c2ccc(N(C)C3CCN(C)CC3)nc2)ncn1. The Morgan fingerprint density at radius 2 is 1.90 bits per heavy atom. The van der Waals surface area contributed by atoms with E-state index >= 15 is 0 Å². The number of likely N-dealkylation sites (tertiary alicyclic amines) is 1. The van der Waals surface area contributed by atoms with Crippen molar-refractivity contribution in [1.29, 1.82) is 0 Å². The van der Waals surface area contributed by atoms with E-state index in [4.69, 9.17) is 4.98 Å². The van der Waals surface area contributed by atoms with Crippen molar-refractivity contribution in [2.45, 2.75) is 45.1 Å². The number of pyridine rings is 2. The lowest BCUT2D eigenvalue weighted by molar-refractivity contribution is 0.0964. The number of carbonyl (C=O) groups is 1. The molecule has 220 valence electrons. The van der Waals surface area contributed by atoms with Gasteiger partial charge < -0.3 is 20.4 Å². The number of nitrogens with one attached hydrogen (secondary N) is 2. The van der Waals surface area contributed by atoms with Gasteiger partial charge in [-0.2, -0.15) is 0 Å². The Labute approximate surface area is 248 Å². The molecule has 0 aliphatic carbocycles. The number of fused-ring (bicyclic) bond motifs is 1. The summed E-state index contributed by atoms with van der Waals surface area (Å²) in [6.45, 7) is 7.43. The van der Waals surface area contributed by atoms with Gasteiger partial charge in [-0.05, 0) is 75.0 Å². The van der Waals surface area contributed by atoms with E-state index in [-0.39, 0.29) is 11.8 Å². The van der Waals surface area contributed by atoms with E-state index in [9.17, 15) is 4.79 Å². The lowest BCUT2D eigenvalue weighted by Crippen LogP contribution is -2.42. The summed E-state index contributed by atoms with van der Waals surface area (Å²) in [6.07, 6.45) is 8.50. The molecule has 0 bridgehead atoms. The van der Waals surface area contributed by atoms with Crippen LogP contribution in [0.15, 0.2) is 61.2 Å². The lowest BCUT2D eigenvalue weighted by Gasteiger charge is -2.35. The van der Waals surface area contributed by atoms with Gasteiger partial charge in [0.1, 0.15) is 18.0 Å². The fourth-order valence-corrected chi connectivity index (χ4v) is 6.09. The first kappa shape index (κ1) is 29.4. The smallest absolute Gasteiger partial charge is 0.251 e. The van der Waals surface area contributed by atoms with Gasteiger partial charge >= 0.3 is 0 Å². The summed E-state index contributed by atoms with van der Waals surface area (Å²) in [7, 11) is 5.98. The molecule has 2 unspecified atom stereocenters. The second-order valence-electron chi connectivity index (χ2n) is 11.4. The summed E-state index contributed by atoms with van der Waals surface area (Å²) in [5, 5.41) is 7.15. The molecule has 2 atom stereocenters. The maximum Gasteiger partial charge on any atom is 0.251 e. The topological polar surface area (TPSA) is 99.2 Å². The van der Waals surface area contributed by atoms with Gasteiger partial charge in [-0.1, -0.05) is 32.0 Å². The van der Waals surface area contributed by atoms with Crippen molar-refractivity contribution in [1.82, 2.24) is 30.2 Å². The van der Waals surface area contributed by atoms with Crippen LogP contribution in [0, 0.1) is 5.92 Å². The van der Waals surface area contributed by atoms with E-state index < -0.39 is 0 Å². The molecule has 0 radical (unpaired) electrons. The number of amides is 1. The molecule has 1 aliphatic heterocycles. The van der Waals surface area contributed by atoms with Crippen molar-refractivity contribution < 1.29 is 4.79 Å². The molecule has 3 aromatic heterocycles. The number of aromatic nitrogens is 4. The van der Waals surface area contributed by atoms with E-state index in [0.717, 1.165) is 78.3 Å². The summed E-state index contributed by atoms with van der Waals surface area (Å²) < 4.78 is 0. The van der Waals surface area contributed by atoms with Gasteiger partial charge in [0.2, 0.25) is 0 Å². The van der Waals surface area contributed by atoms with E-state index in [0.29, 0.717) is 17.5 Å². The van der Waals surface area contributed by atoms with Crippen molar-refractivity contribution in [3.8, 4) is 11.3 Å². The number of hydrogen-bond acceptors (Lipinski definition) is 8. The molecular formula is C33H42N8O. The molecule has 1 saturated heterocycles. The second kappa shape index (κ2) is 13.2. The van der Waals surface area contributed by atoms with Crippen LogP contribution >= 0.6 is 0 Å². The van der Waals surface area contributed by atoms with E-state index in [2.05, 4.69) is 81.5 Å². The summed E-state index contributed by atoms with van der Waals surface area (Å²) in [4.78, 5) is 35.6. The summed E-state index contributed by atoms with van der Waals surface area (Å²) in [6, 6.07) is 14.6. The molecule has 42 heavy (non-hydrogen) atoms. The Balaban J connectivity index is 1.27. The Hall–Kier alpha value is -4.11. The highest BCUT2D eigenvalue weighted by Crippen LogP contribution is 2.34. The summed E-state index contributed by atoms with van der Waals surface area (Å²) in [5.41, 5.74) is 4.51. The van der Waals surface area contributed by atoms with Crippen LogP contribution in [0.2, 0.25) is 0 Å². The maximum absolute atomic E-state index is 12.5. The zero-order valence-corrected chi connectivity index (χ0v) is 25.3. The molecule has 1 aliphatic rings. The van der Waals surface area contributed by atoms with Crippen LogP contribution in [0.5, 0.6) is 0 Å². The van der Waals surface area contributed by atoms with E-state index in [1.807, 2.05) is 24.4 Å². The molecule has 1 aromatic carbocycles. The first-order valence-corrected chi connectivity index (χ1v) is 14.9. The molecule has 0 spiro atoms. The first-order chi connectivity index (χ1) is 20.4. The molecule has 2 N–H and O–H groups in total. The normalized spacial score (nSPS) is 15.7. The van der Waals surface area contributed by atoms with Gasteiger partial charge in [-0.3, -0.25) is 9.78 Å². The van der Waals surface area contributed by atoms with Gasteiger partial charge in [0, 0.05) is 56.1 Å². The zero-order chi connectivity index (χ0) is 29.6. The van der Waals surface area contributed by atoms with Crippen LogP contribution < -0.4 is 15.5 Å². The predicted octanol–water partition coefficient (Wildman–Crippen LogP) is 5.22. The van der Waals surface area contributed by atoms with Crippen molar-refractivity contribution in [3.05, 3.63) is 72.3 Å². The number of carbonyl (C=O) groups excluding carboxylic acids is 1. The minimum Gasteiger partial charge on any atom is -0.370 e. The molecule has 4 heterocycles. The van der Waals surface area contributed by atoms with Gasteiger partial charge in [0.25, 0.3) is 5.91 Å². The van der Waals surface area contributed by atoms with Crippen molar-refractivity contribution in [2.24, 2.45) is 5.92 Å². The van der Waals surface area contributed by atoms with Crippen LogP contribution in [0.4, 0.5) is 11.6 Å². The van der Waals surface area contributed by atoms with Gasteiger partial charge in [-0.15, -0.1) is 0 Å². The molecule has 9 heteroatoms. The largest absolute Gasteiger partial charge is 0.370 e. The highest BCUT2D eigenvalue weighted by Gasteiger charge is 2.23. The molecule has 0 saturated carbocycles. The number of para-hydroxylation sites is 1. The van der Waals surface area contributed by atoms with Gasteiger partial charge in [-0.25, -0.2) is 15.0 Å². The first-order valence-electron chi connectivity index (χ1n) is 14.9. The number of rotatable bonds is 10. The van der Waals surface area contributed by atoms with Crippen molar-refractivity contribution in [3.63, 3.8) is 0 Å². The van der Waals surface area contributed by atoms with Crippen LogP contribution in [-0.2, 0) is 0 Å². The number of anilines is 2. The fourth-order valence-electron chi connectivity index (χ4n) is 6.09. The van der Waals surface area contributed by atoms with E-state index in [1.54, 1.807) is 25.6 Å². The lowest BCUT2D eigenvalue weighted by atomic mass is 9.83. The second-order valence-corrected chi connectivity index (χ2v) is 11.4. The van der Waals surface area contributed by atoms with Crippen molar-refractivity contribution >= 4 is 28.4 Å². The van der Waals surface area contributed by atoms with Crippen molar-refractivity contribution in [2.75, 3.05) is 51.0 Å². The Morgan fingerprint density at radius 3 is 2.62 bits per heavy atom. The Morgan fingerprint density at radius 1 is 1.10 bits per heavy atom. The quantitative estimate of drug-likeness (QED) is 0.270. The minimum atomic E-state index is -0.101. The highest BCUT2D eigenvalue weighted by atomic mass is 16.1. The number of piperidine rings is 1. The van der Waals surface area contributed by atoms with Crippen LogP contribution in [0.25, 0.3) is 22.2 Å². The molecule has 1 amide bonds. The standard InChI is InChI=1S/C33H42N8O/c1-6-25(26-8-7-9-27-28(33(42)34-3)12-15-35-32(26)27)22(2)19-36-30-18-29(38-21-39-30)23-10-11-31(37-20-23)41(5)24-13-16-40(4)17-14-24/h7-12,15,18,20-22,24-25H,6,13-14,16-17,19H2,1-5H3,(H,34,42)(H,36,38,39). The third-order valence-corrected chi connectivity index (χ3v) is 8.71. The monoisotopic (exact) mass is 566 g/mol. The average molecular weight is 567 g/mol. The number of nitrogens with zero attached hydrogens (tertiary/aromatic N) is 6. The third-order valence-electron chi connectivity index (χ3n) is 8.71. The summed E-state index contributed by atoms with van der Waals surface area (Å²) in [5.74, 6) is 2.22. The van der Waals surface area contributed by atoms with Gasteiger partial charge in [0.05, 0.1) is 16.8 Å². The minimum absolute atomic E-state index is 0.101. The number of hydrogen-bond donors (Lipinski definition) is 2. The zero-order valence-electron chi connectivity index (χ0n) is 25.3. The van der Waals surface area contributed by atoms with Gasteiger partial charge in [0.15, 0.2) is 0 Å². The third kappa shape index (κ3) is 6.36. The average Bonchev–Trinajstić information content (AvgIpc) is 3.04. The molecule has 4 aromatic rings. The molecule has 9 nitrogen and oxygen atoms in total. The highest BCUT2D eigenvalue weighted by molar-refractivity contribution is 6.06. The molecule has 5 rings (SSSR count). The van der Waals surface area contributed by atoms with Crippen LogP contribution in [0.1, 0.15) is 54.9 Å². The Kier molecular flexibility index (Phi) is 9.27. The fraction of sp³-hybridized carbons (Fsp3) is 0.424.